The van der Waals surface area contributed by atoms with Crippen molar-refractivity contribution in [2.24, 2.45) is 0 Å². The minimum atomic E-state index is -0.236. The number of pyridine rings is 1. The number of aromatic nitrogens is 1. The lowest BCUT2D eigenvalue weighted by Gasteiger charge is -2.08. The normalized spacial score (nSPS) is 10.2. The highest BCUT2D eigenvalue weighted by atomic mass is 35.5. The second-order valence-corrected chi connectivity index (χ2v) is 5.28. The van der Waals surface area contributed by atoms with Gasteiger partial charge in [-0.2, -0.15) is 0 Å². The predicted molar refractivity (Wildman–Crippen MR) is 78.9 cm³/mol. The molecule has 1 amide bonds. The fourth-order valence-electron chi connectivity index (χ4n) is 1.47. The average molecular weight is 293 g/mol. The van der Waals surface area contributed by atoms with Crippen molar-refractivity contribution >= 4 is 35.0 Å². The Hall–Kier alpha value is -1.52. The Morgan fingerprint density at radius 3 is 2.74 bits per heavy atom. The minimum Gasteiger partial charge on any atom is -0.323 e. The second-order valence-electron chi connectivity index (χ2n) is 3.95. The van der Waals surface area contributed by atoms with Gasteiger partial charge in [-0.05, 0) is 31.2 Å². The zero-order valence-corrected chi connectivity index (χ0v) is 12.0. The van der Waals surface area contributed by atoms with Gasteiger partial charge in [0.1, 0.15) is 10.9 Å². The van der Waals surface area contributed by atoms with E-state index in [-0.39, 0.29) is 11.8 Å². The van der Waals surface area contributed by atoms with Gasteiger partial charge in [-0.1, -0.05) is 29.5 Å². The quantitative estimate of drug-likeness (QED) is 0.873. The summed E-state index contributed by atoms with van der Waals surface area (Å²) in [7, 11) is 0. The van der Waals surface area contributed by atoms with E-state index < -0.39 is 0 Å². The standard InChI is InChI=1S/C14H13ClN2OS/c1-10-4-6-11(7-5-10)19-14-12(3-2-8-16-14)17-13(18)9-15/h2-8H,9H2,1H3,(H,17,18). The fourth-order valence-corrected chi connectivity index (χ4v) is 2.37. The van der Waals surface area contributed by atoms with Crippen molar-refractivity contribution in [2.75, 3.05) is 11.2 Å². The van der Waals surface area contributed by atoms with E-state index in [1.807, 2.05) is 37.3 Å². The molecule has 0 aliphatic carbocycles. The molecule has 2 aromatic rings. The SMILES string of the molecule is Cc1ccc(Sc2ncccc2NC(=O)CCl)cc1. The van der Waals surface area contributed by atoms with Crippen LogP contribution in [0.1, 0.15) is 5.56 Å². The third-order valence-corrected chi connectivity index (χ3v) is 3.67. The highest BCUT2D eigenvalue weighted by molar-refractivity contribution is 7.99. The molecule has 0 saturated heterocycles. The number of rotatable bonds is 4. The van der Waals surface area contributed by atoms with Gasteiger partial charge in [0.05, 0.1) is 5.69 Å². The highest BCUT2D eigenvalue weighted by Gasteiger charge is 2.08. The summed E-state index contributed by atoms with van der Waals surface area (Å²) in [5, 5.41) is 3.49. The van der Waals surface area contributed by atoms with Gasteiger partial charge < -0.3 is 5.32 Å². The van der Waals surface area contributed by atoms with Gasteiger partial charge in [0, 0.05) is 11.1 Å². The Morgan fingerprint density at radius 1 is 1.32 bits per heavy atom. The molecular formula is C14H13ClN2OS. The van der Waals surface area contributed by atoms with E-state index in [4.69, 9.17) is 11.6 Å². The van der Waals surface area contributed by atoms with Gasteiger partial charge in [0.15, 0.2) is 0 Å². The smallest absolute Gasteiger partial charge is 0.239 e. The zero-order chi connectivity index (χ0) is 13.7. The number of anilines is 1. The maximum atomic E-state index is 11.4. The molecule has 0 atom stereocenters. The molecule has 0 unspecified atom stereocenters. The molecule has 1 aromatic heterocycles. The molecular weight excluding hydrogens is 280 g/mol. The Morgan fingerprint density at radius 2 is 2.05 bits per heavy atom. The van der Waals surface area contributed by atoms with E-state index in [1.165, 1.54) is 17.3 Å². The molecule has 3 nitrogen and oxygen atoms in total. The monoisotopic (exact) mass is 292 g/mol. The lowest BCUT2D eigenvalue weighted by molar-refractivity contribution is -0.113. The molecule has 0 bridgehead atoms. The highest BCUT2D eigenvalue weighted by Crippen LogP contribution is 2.31. The number of nitrogens with zero attached hydrogens (tertiary/aromatic N) is 1. The zero-order valence-electron chi connectivity index (χ0n) is 10.4. The van der Waals surface area contributed by atoms with E-state index in [0.29, 0.717) is 5.69 Å². The Labute approximate surface area is 121 Å². The van der Waals surface area contributed by atoms with E-state index in [1.54, 1.807) is 12.3 Å². The first-order valence-electron chi connectivity index (χ1n) is 5.74. The van der Waals surface area contributed by atoms with Gasteiger partial charge in [0.25, 0.3) is 0 Å². The van der Waals surface area contributed by atoms with Crippen molar-refractivity contribution in [3.05, 3.63) is 48.2 Å². The summed E-state index contributed by atoms with van der Waals surface area (Å²) in [6, 6.07) is 11.7. The first-order valence-corrected chi connectivity index (χ1v) is 7.09. The summed E-state index contributed by atoms with van der Waals surface area (Å²) in [6.07, 6.45) is 1.70. The van der Waals surface area contributed by atoms with Crippen LogP contribution in [0.25, 0.3) is 0 Å². The van der Waals surface area contributed by atoms with Crippen molar-refractivity contribution in [1.82, 2.24) is 4.98 Å². The van der Waals surface area contributed by atoms with E-state index in [0.717, 1.165) is 9.92 Å². The number of halogens is 1. The van der Waals surface area contributed by atoms with Crippen molar-refractivity contribution in [3.8, 4) is 0 Å². The van der Waals surface area contributed by atoms with E-state index in [2.05, 4.69) is 10.3 Å². The van der Waals surface area contributed by atoms with Gasteiger partial charge in [0.2, 0.25) is 5.91 Å². The van der Waals surface area contributed by atoms with Crippen LogP contribution < -0.4 is 5.32 Å². The molecule has 2 rings (SSSR count). The van der Waals surface area contributed by atoms with Crippen molar-refractivity contribution < 1.29 is 4.79 Å². The Kier molecular flexibility index (Phi) is 4.82. The van der Waals surface area contributed by atoms with Crippen LogP contribution in [0, 0.1) is 6.92 Å². The minimum absolute atomic E-state index is 0.0659. The van der Waals surface area contributed by atoms with Crippen LogP contribution in [0.3, 0.4) is 0 Å². The van der Waals surface area contributed by atoms with Crippen LogP contribution in [0.15, 0.2) is 52.5 Å². The number of amides is 1. The largest absolute Gasteiger partial charge is 0.323 e. The lowest BCUT2D eigenvalue weighted by atomic mass is 10.2. The summed E-state index contributed by atoms with van der Waals surface area (Å²) in [5.41, 5.74) is 1.89. The first-order chi connectivity index (χ1) is 9.19. The molecule has 1 aromatic carbocycles. The molecule has 1 heterocycles. The van der Waals surface area contributed by atoms with Gasteiger partial charge in [-0.15, -0.1) is 11.6 Å². The lowest BCUT2D eigenvalue weighted by Crippen LogP contribution is -2.13. The number of carbonyl (C=O) groups excluding carboxylic acids is 1. The van der Waals surface area contributed by atoms with Gasteiger partial charge in [-0.25, -0.2) is 4.98 Å². The molecule has 98 valence electrons. The molecule has 0 saturated carbocycles. The molecule has 0 radical (unpaired) electrons. The predicted octanol–water partition coefficient (Wildman–Crippen LogP) is 3.72. The van der Waals surface area contributed by atoms with Crippen LogP contribution in [0.5, 0.6) is 0 Å². The Balaban J connectivity index is 2.20. The van der Waals surface area contributed by atoms with Crippen molar-refractivity contribution in [3.63, 3.8) is 0 Å². The summed E-state index contributed by atoms with van der Waals surface area (Å²) >= 11 is 7.00. The van der Waals surface area contributed by atoms with Crippen LogP contribution in [-0.2, 0) is 4.79 Å². The number of benzene rings is 1. The molecule has 19 heavy (non-hydrogen) atoms. The summed E-state index contributed by atoms with van der Waals surface area (Å²) in [4.78, 5) is 16.7. The third kappa shape index (κ3) is 3.98. The Bertz CT molecular complexity index is 572. The maximum absolute atomic E-state index is 11.4. The number of nitrogens with one attached hydrogen (secondary N) is 1. The van der Waals surface area contributed by atoms with Crippen LogP contribution in [0.2, 0.25) is 0 Å². The first kappa shape index (κ1) is 13.9. The average Bonchev–Trinajstić information content (AvgIpc) is 2.43. The molecule has 0 spiro atoms. The van der Waals surface area contributed by atoms with Crippen molar-refractivity contribution in [1.29, 1.82) is 0 Å². The second kappa shape index (κ2) is 6.59. The van der Waals surface area contributed by atoms with Crippen molar-refractivity contribution in [2.45, 2.75) is 16.8 Å². The number of carbonyl (C=O) groups is 1. The van der Waals surface area contributed by atoms with E-state index in [9.17, 15) is 4.79 Å². The maximum Gasteiger partial charge on any atom is 0.239 e. The number of alkyl halides is 1. The van der Waals surface area contributed by atoms with Crippen LogP contribution >= 0.6 is 23.4 Å². The molecule has 0 fully saturated rings. The van der Waals surface area contributed by atoms with E-state index >= 15 is 0 Å². The molecule has 0 aliphatic heterocycles. The van der Waals surface area contributed by atoms with Crippen LogP contribution in [0.4, 0.5) is 5.69 Å². The van der Waals surface area contributed by atoms with Gasteiger partial charge in [-0.3, -0.25) is 4.79 Å². The molecule has 0 aliphatic rings. The summed E-state index contributed by atoms with van der Waals surface area (Å²) in [5.74, 6) is -0.302. The third-order valence-electron chi connectivity index (χ3n) is 2.40. The van der Waals surface area contributed by atoms with Crippen LogP contribution in [-0.4, -0.2) is 16.8 Å². The summed E-state index contributed by atoms with van der Waals surface area (Å²) < 4.78 is 0. The fraction of sp³-hybridized carbons (Fsp3) is 0.143. The number of hydrogen-bond acceptors (Lipinski definition) is 3. The molecule has 1 N–H and O–H groups in total. The number of hydrogen-bond donors (Lipinski definition) is 1. The number of aryl methyl sites for hydroxylation is 1. The topological polar surface area (TPSA) is 42.0 Å². The summed E-state index contributed by atoms with van der Waals surface area (Å²) in [6.45, 7) is 2.04. The molecule has 5 heteroatoms. The van der Waals surface area contributed by atoms with Gasteiger partial charge >= 0.3 is 0 Å².